The van der Waals surface area contributed by atoms with Crippen molar-refractivity contribution in [2.45, 2.75) is 77.3 Å². The first kappa shape index (κ1) is 28.8. The minimum absolute atomic E-state index is 0.617. The van der Waals surface area contributed by atoms with E-state index in [4.69, 9.17) is 23.7 Å². The molecule has 0 saturated carbocycles. The molecule has 0 aromatic rings. The fourth-order valence-electron chi connectivity index (χ4n) is 3.41. The van der Waals surface area contributed by atoms with Crippen LogP contribution < -0.4 is 5.32 Å². The fraction of sp³-hybridized carbons (Fsp3) is 0.700. The molecule has 2 N–H and O–H groups in total. The van der Waals surface area contributed by atoms with Crippen LogP contribution in [-0.2, 0) is 57.2 Å². The van der Waals surface area contributed by atoms with Crippen molar-refractivity contribution in [2.24, 2.45) is 0 Å². The van der Waals surface area contributed by atoms with Gasteiger partial charge in [0.05, 0.1) is 19.6 Å². The van der Waals surface area contributed by atoms with E-state index >= 15 is 0 Å². The van der Waals surface area contributed by atoms with Crippen molar-refractivity contribution in [3.8, 4) is 0 Å². The van der Waals surface area contributed by atoms with Crippen LogP contribution in [0.25, 0.3) is 0 Å². The highest BCUT2D eigenvalue weighted by atomic mass is 16.7. The van der Waals surface area contributed by atoms with Gasteiger partial charge in [0, 0.05) is 34.6 Å². The van der Waals surface area contributed by atoms with E-state index in [9.17, 15) is 33.9 Å². The van der Waals surface area contributed by atoms with Gasteiger partial charge in [-0.15, -0.1) is 0 Å². The van der Waals surface area contributed by atoms with Crippen LogP contribution in [-0.4, -0.2) is 90.8 Å². The Balaban J connectivity index is 3.64. The second-order valence-electron chi connectivity index (χ2n) is 7.46. The Hall–Kier alpha value is -3.26. The van der Waals surface area contributed by atoms with Crippen molar-refractivity contribution in [2.75, 3.05) is 13.7 Å². The number of hydrogen-bond acceptors (Lipinski definition) is 13. The average molecular weight is 491 g/mol. The Morgan fingerprint density at radius 2 is 1.56 bits per heavy atom. The van der Waals surface area contributed by atoms with E-state index < -0.39 is 85.0 Å². The van der Waals surface area contributed by atoms with Crippen LogP contribution in [0.1, 0.15) is 41.0 Å². The van der Waals surface area contributed by atoms with E-state index in [1.165, 1.54) is 0 Å². The summed E-state index contributed by atoms with van der Waals surface area (Å²) in [6.45, 7) is 4.69. The molecule has 0 aromatic carbocycles. The Kier molecular flexibility index (Phi) is 10.4. The van der Waals surface area contributed by atoms with Crippen molar-refractivity contribution < 1.29 is 62.3 Å². The number of hydrogen-bond donors (Lipinski definition) is 2. The Morgan fingerprint density at radius 1 is 0.971 bits per heavy atom. The fourth-order valence-corrected chi connectivity index (χ4v) is 3.41. The van der Waals surface area contributed by atoms with Gasteiger partial charge in [0.15, 0.2) is 12.2 Å². The average Bonchev–Trinajstić information content (AvgIpc) is 2.69. The number of esters is 5. The van der Waals surface area contributed by atoms with Gasteiger partial charge in [0.2, 0.25) is 5.91 Å². The first-order chi connectivity index (χ1) is 15.7. The minimum atomic E-state index is -2.71. The predicted octanol–water partition coefficient (Wildman–Crippen LogP) is -1.50. The van der Waals surface area contributed by atoms with Gasteiger partial charge in [-0.3, -0.25) is 24.0 Å². The van der Waals surface area contributed by atoms with Gasteiger partial charge in [-0.2, -0.15) is 0 Å². The van der Waals surface area contributed by atoms with E-state index in [0.717, 1.165) is 41.7 Å². The number of nitrogens with one attached hydrogen (secondary N) is 1. The molecule has 34 heavy (non-hydrogen) atoms. The summed E-state index contributed by atoms with van der Waals surface area (Å²) in [4.78, 5) is 70.9. The first-order valence-corrected chi connectivity index (χ1v) is 10.1. The van der Waals surface area contributed by atoms with Gasteiger partial charge in [-0.05, 0) is 0 Å². The van der Waals surface area contributed by atoms with E-state index in [-0.39, 0.29) is 0 Å². The molecule has 1 saturated heterocycles. The summed E-state index contributed by atoms with van der Waals surface area (Å²) < 4.78 is 30.6. The summed E-state index contributed by atoms with van der Waals surface area (Å²) in [5.74, 6) is -7.98. The number of ether oxygens (including phenoxy) is 6. The summed E-state index contributed by atoms with van der Waals surface area (Å²) >= 11 is 0. The second-order valence-corrected chi connectivity index (χ2v) is 7.46. The van der Waals surface area contributed by atoms with Crippen molar-refractivity contribution in [3.63, 3.8) is 0 Å². The highest BCUT2D eigenvalue weighted by molar-refractivity contribution is 5.78. The molecule has 0 unspecified atom stereocenters. The van der Waals surface area contributed by atoms with Crippen molar-refractivity contribution in [1.82, 2.24) is 5.32 Å². The topological polar surface area (TPSA) is 190 Å². The molecule has 14 heteroatoms. The Labute approximate surface area is 195 Å². The molecule has 1 aliphatic rings. The molecule has 1 heterocycles. The normalized spacial score (nSPS) is 25.7. The lowest BCUT2D eigenvalue weighted by molar-refractivity contribution is -0.299. The van der Waals surface area contributed by atoms with Crippen LogP contribution in [0.15, 0.2) is 0 Å². The zero-order chi connectivity index (χ0) is 26.2. The van der Waals surface area contributed by atoms with E-state index in [1.807, 2.05) is 0 Å². The molecule has 1 amide bonds. The number of amides is 1. The van der Waals surface area contributed by atoms with Gasteiger partial charge in [0.25, 0.3) is 5.79 Å². The highest BCUT2D eigenvalue weighted by Crippen LogP contribution is 2.34. The third-order valence-electron chi connectivity index (χ3n) is 4.52. The van der Waals surface area contributed by atoms with Crippen LogP contribution >= 0.6 is 0 Å². The van der Waals surface area contributed by atoms with Crippen LogP contribution in [0, 0.1) is 0 Å². The summed E-state index contributed by atoms with van der Waals surface area (Å²) in [5.41, 5.74) is 0. The van der Waals surface area contributed by atoms with Gasteiger partial charge < -0.3 is 38.8 Å². The molecular weight excluding hydrogens is 462 g/mol. The Bertz CT molecular complexity index is 812. The van der Waals surface area contributed by atoms with Gasteiger partial charge in [0.1, 0.15) is 18.8 Å². The lowest BCUT2D eigenvalue weighted by atomic mass is 9.88. The van der Waals surface area contributed by atoms with Crippen LogP contribution in [0.2, 0.25) is 0 Å². The van der Waals surface area contributed by atoms with Crippen LogP contribution in [0.5, 0.6) is 0 Å². The molecule has 0 radical (unpaired) electrons. The van der Waals surface area contributed by atoms with Crippen molar-refractivity contribution in [1.29, 1.82) is 0 Å². The predicted molar refractivity (Wildman–Crippen MR) is 107 cm³/mol. The maximum Gasteiger partial charge on any atom is 0.366 e. The standard InChI is InChI=1S/C20H29NO13/c1-9(22)21-16-14(31-11(3)24)7-20(28,19(27)29-6)34-18(16)17(33-13(5)26)15(32-12(4)25)8-30-10(2)23/h14-18,28H,7-8H2,1-6H3,(H,21,22)/t14-,15+,16+,17+,18-,20-/m0/s1. The summed E-state index contributed by atoms with van der Waals surface area (Å²) in [6, 6.07) is -1.31. The molecule has 1 aliphatic heterocycles. The molecule has 192 valence electrons. The largest absolute Gasteiger partial charge is 0.465 e. The third-order valence-corrected chi connectivity index (χ3v) is 4.52. The van der Waals surface area contributed by atoms with Crippen LogP contribution in [0.4, 0.5) is 0 Å². The molecule has 6 atom stereocenters. The van der Waals surface area contributed by atoms with Gasteiger partial charge in [-0.25, -0.2) is 4.79 Å². The van der Waals surface area contributed by atoms with Crippen molar-refractivity contribution in [3.05, 3.63) is 0 Å². The van der Waals surface area contributed by atoms with Crippen LogP contribution in [0.3, 0.4) is 0 Å². The smallest absolute Gasteiger partial charge is 0.366 e. The molecule has 14 nitrogen and oxygen atoms in total. The second kappa shape index (κ2) is 12.3. The molecule has 1 fully saturated rings. The number of aliphatic hydroxyl groups is 1. The number of methoxy groups -OCH3 is 1. The monoisotopic (exact) mass is 491 g/mol. The van der Waals surface area contributed by atoms with E-state index in [1.54, 1.807) is 0 Å². The van der Waals surface area contributed by atoms with Gasteiger partial charge >= 0.3 is 29.8 Å². The molecule has 0 aromatic heterocycles. The van der Waals surface area contributed by atoms with Gasteiger partial charge in [-0.1, -0.05) is 0 Å². The first-order valence-electron chi connectivity index (χ1n) is 10.1. The lowest BCUT2D eigenvalue weighted by Crippen LogP contribution is -2.68. The lowest BCUT2D eigenvalue weighted by Gasteiger charge is -2.46. The number of carbonyl (C=O) groups is 6. The molecular formula is C20H29NO13. The number of rotatable bonds is 9. The number of carbonyl (C=O) groups excluding carboxylic acids is 6. The highest BCUT2D eigenvalue weighted by Gasteiger charge is 2.57. The quantitative estimate of drug-likeness (QED) is 0.280. The summed E-state index contributed by atoms with van der Waals surface area (Å²) in [5, 5.41) is 13.3. The molecule has 0 aliphatic carbocycles. The third kappa shape index (κ3) is 8.26. The zero-order valence-electron chi connectivity index (χ0n) is 19.6. The van der Waals surface area contributed by atoms with Crippen molar-refractivity contribution >= 4 is 35.8 Å². The summed E-state index contributed by atoms with van der Waals surface area (Å²) in [7, 11) is 0.964. The maximum atomic E-state index is 12.3. The van der Waals surface area contributed by atoms with E-state index in [2.05, 4.69) is 10.1 Å². The minimum Gasteiger partial charge on any atom is -0.465 e. The SMILES string of the molecule is COC(=O)[C@]1(O)C[C@H](OC(C)=O)[C@@H](NC(C)=O)[C@@H]([C@H](OC(C)=O)[C@@H](COC(C)=O)OC(C)=O)O1. The Morgan fingerprint density at radius 3 is 2.00 bits per heavy atom. The molecule has 0 bridgehead atoms. The molecule has 1 rings (SSSR count). The molecule has 0 spiro atoms. The summed E-state index contributed by atoms with van der Waals surface area (Å²) in [6.07, 6.45) is -6.86. The van der Waals surface area contributed by atoms with E-state index in [0.29, 0.717) is 0 Å². The zero-order valence-corrected chi connectivity index (χ0v) is 19.6. The maximum absolute atomic E-state index is 12.3.